The molecule has 0 bridgehead atoms. The molecule has 1 unspecified atom stereocenters. The Kier molecular flexibility index (Phi) is 4.87. The number of hydrogen-bond acceptors (Lipinski definition) is 3. The molecule has 4 nitrogen and oxygen atoms in total. The summed E-state index contributed by atoms with van der Waals surface area (Å²) in [6.45, 7) is 2.67. The van der Waals surface area contributed by atoms with Crippen LogP contribution in [0.1, 0.15) is 35.2 Å². The quantitative estimate of drug-likeness (QED) is 0.853. The SMILES string of the molecule is CC(CCNc1ncc(F)cc1C(=O)O)c1ccccc1. The molecule has 0 saturated carbocycles. The van der Waals surface area contributed by atoms with Crippen LogP contribution in [0.2, 0.25) is 0 Å². The lowest BCUT2D eigenvalue weighted by Crippen LogP contribution is -2.11. The van der Waals surface area contributed by atoms with Gasteiger partial charge in [0.15, 0.2) is 0 Å². The van der Waals surface area contributed by atoms with E-state index in [1.807, 2.05) is 18.2 Å². The summed E-state index contributed by atoms with van der Waals surface area (Å²) in [6.07, 6.45) is 1.83. The summed E-state index contributed by atoms with van der Waals surface area (Å²) in [6, 6.07) is 11.0. The number of aromatic carboxylic acids is 1. The number of pyridine rings is 1. The van der Waals surface area contributed by atoms with Gasteiger partial charge in [0.25, 0.3) is 0 Å². The Morgan fingerprint density at radius 2 is 2.10 bits per heavy atom. The molecule has 0 aliphatic carbocycles. The van der Waals surface area contributed by atoms with E-state index in [4.69, 9.17) is 5.11 Å². The molecule has 21 heavy (non-hydrogen) atoms. The summed E-state index contributed by atoms with van der Waals surface area (Å²) in [7, 11) is 0. The molecule has 0 amide bonds. The Morgan fingerprint density at radius 1 is 1.38 bits per heavy atom. The first kappa shape index (κ1) is 15.0. The van der Waals surface area contributed by atoms with E-state index >= 15 is 0 Å². The summed E-state index contributed by atoms with van der Waals surface area (Å²) in [5.41, 5.74) is 1.08. The third kappa shape index (κ3) is 4.02. The molecule has 0 fully saturated rings. The minimum Gasteiger partial charge on any atom is -0.478 e. The van der Waals surface area contributed by atoms with Crippen LogP contribution in [-0.4, -0.2) is 22.6 Å². The van der Waals surface area contributed by atoms with Gasteiger partial charge < -0.3 is 10.4 Å². The monoisotopic (exact) mass is 288 g/mol. The number of carbonyl (C=O) groups is 1. The van der Waals surface area contributed by atoms with Gasteiger partial charge in [-0.15, -0.1) is 0 Å². The first-order valence-electron chi connectivity index (χ1n) is 6.75. The fourth-order valence-corrected chi connectivity index (χ4v) is 2.10. The number of anilines is 1. The first-order valence-corrected chi connectivity index (χ1v) is 6.75. The van der Waals surface area contributed by atoms with Gasteiger partial charge in [-0.1, -0.05) is 37.3 Å². The van der Waals surface area contributed by atoms with Crippen molar-refractivity contribution >= 4 is 11.8 Å². The van der Waals surface area contributed by atoms with Crippen LogP contribution in [0.4, 0.5) is 10.2 Å². The van der Waals surface area contributed by atoms with Gasteiger partial charge in [-0.3, -0.25) is 0 Å². The van der Waals surface area contributed by atoms with Crippen molar-refractivity contribution in [3.8, 4) is 0 Å². The van der Waals surface area contributed by atoms with Gasteiger partial charge in [-0.05, 0) is 24.0 Å². The van der Waals surface area contributed by atoms with Crippen molar-refractivity contribution < 1.29 is 14.3 Å². The minimum absolute atomic E-state index is 0.151. The second-order valence-electron chi connectivity index (χ2n) is 4.88. The van der Waals surface area contributed by atoms with Gasteiger partial charge in [0.05, 0.1) is 6.20 Å². The molecule has 1 atom stereocenters. The number of halogens is 1. The molecule has 0 saturated heterocycles. The number of carboxylic acid groups (broad SMARTS) is 1. The summed E-state index contributed by atoms with van der Waals surface area (Å²) >= 11 is 0. The number of benzene rings is 1. The normalized spacial score (nSPS) is 11.9. The molecule has 110 valence electrons. The Bertz CT molecular complexity index is 617. The van der Waals surface area contributed by atoms with Crippen molar-refractivity contribution in [1.29, 1.82) is 0 Å². The van der Waals surface area contributed by atoms with E-state index in [1.54, 1.807) is 0 Å². The predicted octanol–water partition coefficient (Wildman–Crippen LogP) is 3.52. The lowest BCUT2D eigenvalue weighted by molar-refractivity contribution is 0.0697. The van der Waals surface area contributed by atoms with Crippen LogP contribution in [-0.2, 0) is 0 Å². The predicted molar refractivity (Wildman–Crippen MR) is 79.1 cm³/mol. The lowest BCUT2D eigenvalue weighted by Gasteiger charge is -2.13. The van der Waals surface area contributed by atoms with Crippen molar-refractivity contribution in [1.82, 2.24) is 4.98 Å². The third-order valence-corrected chi connectivity index (χ3v) is 3.32. The minimum atomic E-state index is -1.19. The van der Waals surface area contributed by atoms with Crippen molar-refractivity contribution in [3.63, 3.8) is 0 Å². The highest BCUT2D eigenvalue weighted by atomic mass is 19.1. The van der Waals surface area contributed by atoms with E-state index in [-0.39, 0.29) is 11.4 Å². The van der Waals surface area contributed by atoms with Crippen molar-refractivity contribution in [2.75, 3.05) is 11.9 Å². The van der Waals surface area contributed by atoms with E-state index in [1.165, 1.54) is 5.56 Å². The molecule has 1 heterocycles. The Labute approximate surface area is 122 Å². The van der Waals surface area contributed by atoms with Gasteiger partial charge >= 0.3 is 5.97 Å². The van der Waals surface area contributed by atoms with Crippen LogP contribution < -0.4 is 5.32 Å². The standard InChI is InChI=1S/C16H17FN2O2/c1-11(12-5-3-2-4-6-12)7-8-18-15-14(16(20)21)9-13(17)10-19-15/h2-6,9-11H,7-8H2,1H3,(H,18,19)(H,20,21). The highest BCUT2D eigenvalue weighted by Crippen LogP contribution is 2.19. The summed E-state index contributed by atoms with van der Waals surface area (Å²) < 4.78 is 13.0. The van der Waals surface area contributed by atoms with Crippen molar-refractivity contribution in [2.24, 2.45) is 0 Å². The van der Waals surface area contributed by atoms with Gasteiger partial charge in [-0.25, -0.2) is 14.2 Å². The van der Waals surface area contributed by atoms with E-state index < -0.39 is 11.8 Å². The molecule has 2 aromatic rings. The number of aromatic nitrogens is 1. The number of rotatable bonds is 6. The zero-order valence-electron chi connectivity index (χ0n) is 11.7. The molecular formula is C16H17FN2O2. The number of carboxylic acids is 1. The molecule has 0 aliphatic heterocycles. The van der Waals surface area contributed by atoms with Crippen LogP contribution in [0.5, 0.6) is 0 Å². The Hall–Kier alpha value is -2.43. The molecule has 1 aromatic heterocycles. The highest BCUT2D eigenvalue weighted by molar-refractivity contribution is 5.93. The molecular weight excluding hydrogens is 271 g/mol. The van der Waals surface area contributed by atoms with E-state index in [0.29, 0.717) is 12.5 Å². The topological polar surface area (TPSA) is 62.2 Å². The van der Waals surface area contributed by atoms with Gasteiger partial charge in [0, 0.05) is 6.54 Å². The van der Waals surface area contributed by atoms with E-state index in [9.17, 15) is 9.18 Å². The molecule has 2 N–H and O–H groups in total. The number of nitrogens with zero attached hydrogens (tertiary/aromatic N) is 1. The van der Waals surface area contributed by atoms with Gasteiger partial charge in [0.2, 0.25) is 0 Å². The maximum absolute atomic E-state index is 13.0. The van der Waals surface area contributed by atoms with Crippen LogP contribution in [0.3, 0.4) is 0 Å². The van der Waals surface area contributed by atoms with Crippen LogP contribution in [0.15, 0.2) is 42.6 Å². The molecule has 0 radical (unpaired) electrons. The highest BCUT2D eigenvalue weighted by Gasteiger charge is 2.13. The smallest absolute Gasteiger partial charge is 0.339 e. The summed E-state index contributed by atoms with van der Waals surface area (Å²) in [5.74, 6) is -1.31. The number of nitrogens with one attached hydrogen (secondary N) is 1. The van der Waals surface area contributed by atoms with Crippen LogP contribution in [0, 0.1) is 5.82 Å². The summed E-state index contributed by atoms with van der Waals surface area (Å²) in [4.78, 5) is 14.8. The fraction of sp³-hybridized carbons (Fsp3) is 0.250. The summed E-state index contributed by atoms with van der Waals surface area (Å²) in [5, 5.41) is 12.0. The van der Waals surface area contributed by atoms with Gasteiger partial charge in [-0.2, -0.15) is 0 Å². The Morgan fingerprint density at radius 3 is 2.76 bits per heavy atom. The first-order chi connectivity index (χ1) is 10.1. The second-order valence-corrected chi connectivity index (χ2v) is 4.88. The van der Waals surface area contributed by atoms with E-state index in [2.05, 4.69) is 29.4 Å². The average Bonchev–Trinajstić information content (AvgIpc) is 2.49. The number of hydrogen-bond donors (Lipinski definition) is 2. The molecule has 5 heteroatoms. The van der Waals surface area contributed by atoms with Crippen LogP contribution in [0.25, 0.3) is 0 Å². The molecule has 1 aromatic carbocycles. The lowest BCUT2D eigenvalue weighted by atomic mass is 9.98. The third-order valence-electron chi connectivity index (χ3n) is 3.32. The maximum atomic E-state index is 13.0. The van der Waals surface area contributed by atoms with Crippen molar-refractivity contribution in [3.05, 3.63) is 59.5 Å². The van der Waals surface area contributed by atoms with E-state index in [0.717, 1.165) is 18.7 Å². The van der Waals surface area contributed by atoms with Crippen molar-refractivity contribution in [2.45, 2.75) is 19.3 Å². The fourth-order valence-electron chi connectivity index (χ4n) is 2.10. The van der Waals surface area contributed by atoms with Gasteiger partial charge in [0.1, 0.15) is 17.2 Å². The molecule has 0 spiro atoms. The largest absolute Gasteiger partial charge is 0.478 e. The average molecular weight is 288 g/mol. The molecule has 2 rings (SSSR count). The molecule has 0 aliphatic rings. The Balaban J connectivity index is 1.96. The van der Waals surface area contributed by atoms with Crippen LogP contribution >= 0.6 is 0 Å². The zero-order valence-corrected chi connectivity index (χ0v) is 11.7. The maximum Gasteiger partial charge on any atom is 0.339 e. The zero-order chi connectivity index (χ0) is 15.2. The second kappa shape index (κ2) is 6.83.